The molecule has 0 aromatic carbocycles. The average molecular weight is 260 g/mol. The Morgan fingerprint density at radius 3 is 2.88 bits per heavy atom. The number of hydrogen-bond donors (Lipinski definition) is 0. The van der Waals surface area contributed by atoms with Crippen molar-refractivity contribution in [1.29, 1.82) is 0 Å². The molecule has 0 bridgehead atoms. The average Bonchev–Trinajstić information content (AvgIpc) is 2.64. The number of carbonyl (C=O) groups is 1. The van der Waals surface area contributed by atoms with E-state index in [0.29, 0.717) is 30.3 Å². The summed E-state index contributed by atoms with van der Waals surface area (Å²) in [6, 6.07) is 0. The summed E-state index contributed by atoms with van der Waals surface area (Å²) in [5, 5.41) is 4.52. The lowest BCUT2D eigenvalue weighted by molar-refractivity contribution is 0.0921. The summed E-state index contributed by atoms with van der Waals surface area (Å²) in [6.45, 7) is 1.85. The normalized spacial score (nSPS) is 11.1. The Morgan fingerprint density at radius 1 is 1.59 bits per heavy atom. The highest BCUT2D eigenvalue weighted by atomic mass is 35.5. The number of ether oxygens (including phenoxy) is 1. The van der Waals surface area contributed by atoms with Crippen molar-refractivity contribution in [2.24, 2.45) is 0 Å². The summed E-state index contributed by atoms with van der Waals surface area (Å²) in [7, 11) is 5.51. The number of nitrogens with zero attached hydrogens (tertiary/aromatic N) is 3. The minimum absolute atomic E-state index is 0.0342. The van der Waals surface area contributed by atoms with Crippen LogP contribution in [0.5, 0.6) is 0 Å². The quantitative estimate of drug-likeness (QED) is 0.693. The van der Waals surface area contributed by atoms with Crippen LogP contribution < -0.4 is 0 Å². The highest BCUT2D eigenvalue weighted by Gasteiger charge is 2.16. The van der Waals surface area contributed by atoms with Gasteiger partial charge in [0.05, 0.1) is 24.4 Å². The van der Waals surface area contributed by atoms with Gasteiger partial charge in [0, 0.05) is 20.1 Å². The van der Waals surface area contributed by atoms with Gasteiger partial charge in [0.1, 0.15) is 5.69 Å². The van der Waals surface area contributed by atoms with E-state index in [1.54, 1.807) is 11.8 Å². The Labute approximate surface area is 106 Å². The highest BCUT2D eigenvalue weighted by molar-refractivity contribution is 6.33. The zero-order chi connectivity index (χ0) is 12.8. The second kappa shape index (κ2) is 6.74. The predicted octanol–water partition coefficient (Wildman–Crippen LogP) is 1.32. The predicted molar refractivity (Wildman–Crippen MR) is 66.6 cm³/mol. The molecule has 0 amide bonds. The molecule has 1 rings (SSSR count). The monoisotopic (exact) mass is 259 g/mol. The molecule has 0 atom stereocenters. The van der Waals surface area contributed by atoms with E-state index in [1.807, 2.05) is 19.0 Å². The Bertz CT molecular complexity index is 377. The van der Waals surface area contributed by atoms with Crippen LogP contribution in [0, 0.1) is 0 Å². The van der Waals surface area contributed by atoms with Crippen LogP contribution >= 0.6 is 11.6 Å². The Morgan fingerprint density at radius 2 is 2.29 bits per heavy atom. The SMILES string of the molecule is COCCC(=O)c1c(Cl)cnn1CCN(C)C. The molecule has 0 spiro atoms. The Hall–Kier alpha value is -0.910. The van der Waals surface area contributed by atoms with Gasteiger partial charge in [0.2, 0.25) is 0 Å². The first-order valence-electron chi connectivity index (χ1n) is 5.44. The number of carbonyl (C=O) groups excluding carboxylic acids is 1. The molecule has 6 heteroatoms. The molecule has 0 unspecified atom stereocenters. The lowest BCUT2D eigenvalue weighted by Crippen LogP contribution is -2.21. The number of aromatic nitrogens is 2. The van der Waals surface area contributed by atoms with Crippen LogP contribution in [0.3, 0.4) is 0 Å². The maximum Gasteiger partial charge on any atom is 0.184 e. The molecule has 0 radical (unpaired) electrons. The zero-order valence-electron chi connectivity index (χ0n) is 10.4. The minimum Gasteiger partial charge on any atom is -0.384 e. The van der Waals surface area contributed by atoms with E-state index in [1.165, 1.54) is 6.20 Å². The molecule has 0 N–H and O–H groups in total. The second-order valence-electron chi connectivity index (χ2n) is 4.03. The fourth-order valence-corrected chi connectivity index (χ4v) is 1.66. The van der Waals surface area contributed by atoms with Gasteiger partial charge in [-0.15, -0.1) is 0 Å². The maximum absolute atomic E-state index is 11.9. The number of likely N-dealkylation sites (N-methyl/N-ethyl adjacent to an activating group) is 1. The molecule has 0 saturated heterocycles. The summed E-state index contributed by atoms with van der Waals surface area (Å²) in [6.07, 6.45) is 1.83. The van der Waals surface area contributed by atoms with E-state index in [2.05, 4.69) is 5.10 Å². The van der Waals surface area contributed by atoms with Gasteiger partial charge in [-0.25, -0.2) is 0 Å². The number of Topliss-reactive ketones (excluding diaryl/α,β-unsaturated/α-hetero) is 1. The van der Waals surface area contributed by atoms with E-state index in [4.69, 9.17) is 16.3 Å². The number of rotatable bonds is 7. The van der Waals surface area contributed by atoms with Crippen molar-refractivity contribution >= 4 is 17.4 Å². The van der Waals surface area contributed by atoms with Crippen molar-refractivity contribution in [3.05, 3.63) is 16.9 Å². The highest BCUT2D eigenvalue weighted by Crippen LogP contribution is 2.17. The van der Waals surface area contributed by atoms with E-state index < -0.39 is 0 Å². The third-order valence-corrected chi connectivity index (χ3v) is 2.63. The van der Waals surface area contributed by atoms with Gasteiger partial charge in [-0.1, -0.05) is 11.6 Å². The largest absolute Gasteiger partial charge is 0.384 e. The van der Waals surface area contributed by atoms with Crippen molar-refractivity contribution in [3.8, 4) is 0 Å². The topological polar surface area (TPSA) is 47.4 Å². The molecular formula is C11H18ClN3O2. The van der Waals surface area contributed by atoms with Crippen LogP contribution in [0.2, 0.25) is 5.02 Å². The number of ketones is 1. The molecule has 1 aromatic rings. The van der Waals surface area contributed by atoms with Gasteiger partial charge in [-0.3, -0.25) is 9.48 Å². The maximum atomic E-state index is 11.9. The van der Waals surface area contributed by atoms with Crippen molar-refractivity contribution in [1.82, 2.24) is 14.7 Å². The number of halogens is 1. The van der Waals surface area contributed by atoms with Crippen LogP contribution in [-0.2, 0) is 11.3 Å². The van der Waals surface area contributed by atoms with Crippen molar-refractivity contribution < 1.29 is 9.53 Å². The second-order valence-corrected chi connectivity index (χ2v) is 4.44. The van der Waals surface area contributed by atoms with Crippen LogP contribution in [0.25, 0.3) is 0 Å². The van der Waals surface area contributed by atoms with Crippen LogP contribution in [-0.4, -0.2) is 54.8 Å². The molecule has 0 fully saturated rings. The van der Waals surface area contributed by atoms with Gasteiger partial charge in [0.25, 0.3) is 0 Å². The Kier molecular flexibility index (Phi) is 5.61. The Balaban J connectivity index is 2.75. The lowest BCUT2D eigenvalue weighted by Gasteiger charge is -2.11. The van der Waals surface area contributed by atoms with Crippen molar-refractivity contribution in [2.75, 3.05) is 34.4 Å². The molecule has 17 heavy (non-hydrogen) atoms. The van der Waals surface area contributed by atoms with Gasteiger partial charge < -0.3 is 9.64 Å². The summed E-state index contributed by atoms with van der Waals surface area (Å²) in [4.78, 5) is 13.9. The standard InChI is InChI=1S/C11H18ClN3O2/c1-14(2)5-6-15-11(9(12)8-13-15)10(16)4-7-17-3/h8H,4-7H2,1-3H3. The fraction of sp³-hybridized carbons (Fsp3) is 0.636. The first kappa shape index (κ1) is 14.2. The summed E-state index contributed by atoms with van der Waals surface area (Å²) >= 11 is 5.98. The lowest BCUT2D eigenvalue weighted by atomic mass is 10.2. The zero-order valence-corrected chi connectivity index (χ0v) is 11.2. The molecule has 0 aliphatic carbocycles. The molecule has 1 heterocycles. The molecule has 0 saturated carbocycles. The van der Waals surface area contributed by atoms with E-state index >= 15 is 0 Å². The molecule has 5 nitrogen and oxygen atoms in total. The molecule has 1 aromatic heterocycles. The van der Waals surface area contributed by atoms with Crippen LogP contribution in [0.4, 0.5) is 0 Å². The number of methoxy groups -OCH3 is 1. The third kappa shape index (κ3) is 4.11. The van der Waals surface area contributed by atoms with Crippen molar-refractivity contribution in [2.45, 2.75) is 13.0 Å². The fourth-order valence-electron chi connectivity index (χ4n) is 1.42. The van der Waals surface area contributed by atoms with Gasteiger partial charge in [-0.2, -0.15) is 5.10 Å². The van der Waals surface area contributed by atoms with E-state index in [9.17, 15) is 4.79 Å². The summed E-state index contributed by atoms with van der Waals surface area (Å²) in [5.41, 5.74) is 0.477. The smallest absolute Gasteiger partial charge is 0.184 e. The van der Waals surface area contributed by atoms with E-state index in [-0.39, 0.29) is 5.78 Å². The summed E-state index contributed by atoms with van der Waals surface area (Å²) in [5.74, 6) is -0.0342. The van der Waals surface area contributed by atoms with Crippen LogP contribution in [0.1, 0.15) is 16.9 Å². The molecular weight excluding hydrogens is 242 g/mol. The summed E-state index contributed by atoms with van der Waals surface area (Å²) < 4.78 is 6.54. The number of hydrogen-bond acceptors (Lipinski definition) is 4. The van der Waals surface area contributed by atoms with Gasteiger partial charge >= 0.3 is 0 Å². The van der Waals surface area contributed by atoms with Crippen LogP contribution in [0.15, 0.2) is 6.20 Å². The first-order valence-corrected chi connectivity index (χ1v) is 5.82. The van der Waals surface area contributed by atoms with E-state index in [0.717, 1.165) is 6.54 Å². The molecule has 0 aliphatic rings. The first-order chi connectivity index (χ1) is 8.06. The third-order valence-electron chi connectivity index (χ3n) is 2.35. The molecule has 0 aliphatic heterocycles. The van der Waals surface area contributed by atoms with Gasteiger partial charge in [0.15, 0.2) is 5.78 Å². The minimum atomic E-state index is -0.0342. The van der Waals surface area contributed by atoms with Crippen molar-refractivity contribution in [3.63, 3.8) is 0 Å². The molecule has 96 valence electrons. The van der Waals surface area contributed by atoms with Gasteiger partial charge in [-0.05, 0) is 14.1 Å².